The van der Waals surface area contributed by atoms with Crippen LogP contribution in [-0.4, -0.2) is 55.5 Å². The summed E-state index contributed by atoms with van der Waals surface area (Å²) in [5.74, 6) is 0.718. The molecule has 104 valence electrons. The number of rotatable bonds is 5. The normalized spacial score (nSPS) is 18.9. The van der Waals surface area contributed by atoms with Crippen LogP contribution in [-0.2, 0) is 11.3 Å². The zero-order valence-electron chi connectivity index (χ0n) is 11.4. The number of nitrogens with zero attached hydrogens (tertiary/aromatic N) is 1. The van der Waals surface area contributed by atoms with Gasteiger partial charge in [0.2, 0.25) is 0 Å². The number of benzene rings is 1. The molecule has 1 saturated heterocycles. The molecule has 1 heterocycles. The lowest BCUT2D eigenvalue weighted by Gasteiger charge is -2.24. The minimum Gasteiger partial charge on any atom is -0.497 e. The maximum Gasteiger partial charge on any atom is 0.488 e. The van der Waals surface area contributed by atoms with Gasteiger partial charge in [-0.25, -0.2) is 0 Å². The van der Waals surface area contributed by atoms with Crippen molar-refractivity contribution in [1.29, 1.82) is 0 Å². The van der Waals surface area contributed by atoms with Gasteiger partial charge in [0.1, 0.15) is 5.75 Å². The van der Waals surface area contributed by atoms with Crippen molar-refractivity contribution in [2.75, 3.05) is 27.4 Å². The fraction of sp³-hybridized carbons (Fsp3) is 0.538. The zero-order chi connectivity index (χ0) is 13.8. The first-order chi connectivity index (χ1) is 9.11. The Morgan fingerprint density at radius 3 is 2.84 bits per heavy atom. The topological polar surface area (TPSA) is 62.2 Å². The Labute approximate surface area is 113 Å². The van der Waals surface area contributed by atoms with Crippen LogP contribution in [0.3, 0.4) is 0 Å². The van der Waals surface area contributed by atoms with Gasteiger partial charge in [-0.05, 0) is 36.6 Å². The van der Waals surface area contributed by atoms with Gasteiger partial charge in [-0.1, -0.05) is 6.07 Å². The number of likely N-dealkylation sites (N-methyl/N-ethyl adjacent to an activating group) is 1. The molecular formula is C13H20BNO4. The highest BCUT2D eigenvalue weighted by Gasteiger charge is 2.23. The fourth-order valence-electron chi connectivity index (χ4n) is 2.37. The molecule has 1 aliphatic rings. The SMILES string of the molecule is COc1ccc(B(O)O)c(CN(C)C2CCOC2)c1. The largest absolute Gasteiger partial charge is 0.497 e. The van der Waals surface area contributed by atoms with Crippen LogP contribution in [0.25, 0.3) is 0 Å². The summed E-state index contributed by atoms with van der Waals surface area (Å²) in [6.45, 7) is 2.16. The molecule has 2 rings (SSSR count). The molecule has 5 nitrogen and oxygen atoms in total. The van der Waals surface area contributed by atoms with Gasteiger partial charge in [-0.2, -0.15) is 0 Å². The number of ether oxygens (including phenoxy) is 2. The average molecular weight is 265 g/mol. The van der Waals surface area contributed by atoms with Crippen molar-refractivity contribution < 1.29 is 19.5 Å². The summed E-state index contributed by atoms with van der Waals surface area (Å²) >= 11 is 0. The Hall–Kier alpha value is -1.08. The van der Waals surface area contributed by atoms with Gasteiger partial charge in [0.05, 0.1) is 13.7 Å². The first kappa shape index (κ1) is 14.3. The Balaban J connectivity index is 2.16. The Bertz CT molecular complexity index is 421. The third-order valence-electron chi connectivity index (χ3n) is 3.58. The highest BCUT2D eigenvalue weighted by molar-refractivity contribution is 6.59. The van der Waals surface area contributed by atoms with Crippen LogP contribution < -0.4 is 10.2 Å². The van der Waals surface area contributed by atoms with E-state index in [1.165, 1.54) is 0 Å². The van der Waals surface area contributed by atoms with Crippen LogP contribution in [0.2, 0.25) is 0 Å². The minimum atomic E-state index is -1.46. The van der Waals surface area contributed by atoms with E-state index in [2.05, 4.69) is 4.90 Å². The lowest BCUT2D eigenvalue weighted by molar-refractivity contribution is 0.156. The maximum atomic E-state index is 9.42. The molecule has 0 radical (unpaired) electrons. The molecule has 1 unspecified atom stereocenters. The van der Waals surface area contributed by atoms with Crippen LogP contribution in [0.15, 0.2) is 18.2 Å². The summed E-state index contributed by atoms with van der Waals surface area (Å²) in [6, 6.07) is 5.66. The summed E-state index contributed by atoms with van der Waals surface area (Å²) in [5, 5.41) is 18.8. The van der Waals surface area contributed by atoms with Crippen LogP contribution in [0, 0.1) is 0 Å². The molecule has 2 N–H and O–H groups in total. The van der Waals surface area contributed by atoms with Gasteiger partial charge >= 0.3 is 7.12 Å². The Morgan fingerprint density at radius 1 is 1.47 bits per heavy atom. The number of hydrogen-bond acceptors (Lipinski definition) is 5. The quantitative estimate of drug-likeness (QED) is 0.709. The van der Waals surface area contributed by atoms with Crippen molar-refractivity contribution in [3.63, 3.8) is 0 Å². The molecule has 6 heteroatoms. The van der Waals surface area contributed by atoms with Crippen LogP contribution in [0.1, 0.15) is 12.0 Å². The van der Waals surface area contributed by atoms with Gasteiger partial charge < -0.3 is 19.5 Å². The lowest BCUT2D eigenvalue weighted by atomic mass is 9.76. The second-order valence-corrected chi connectivity index (χ2v) is 4.87. The van der Waals surface area contributed by atoms with Crippen LogP contribution >= 0.6 is 0 Å². The zero-order valence-corrected chi connectivity index (χ0v) is 11.4. The summed E-state index contributed by atoms with van der Waals surface area (Å²) in [7, 11) is 2.16. The third kappa shape index (κ3) is 3.48. The van der Waals surface area contributed by atoms with Crippen molar-refractivity contribution in [2.24, 2.45) is 0 Å². The summed E-state index contributed by atoms with van der Waals surface area (Å²) in [4.78, 5) is 2.17. The fourth-order valence-corrected chi connectivity index (χ4v) is 2.37. The highest BCUT2D eigenvalue weighted by atomic mass is 16.5. The molecule has 1 aromatic rings. The molecule has 1 aliphatic heterocycles. The molecule has 19 heavy (non-hydrogen) atoms. The first-order valence-corrected chi connectivity index (χ1v) is 6.42. The van der Waals surface area contributed by atoms with Crippen molar-refractivity contribution >= 4 is 12.6 Å². The van der Waals surface area contributed by atoms with E-state index < -0.39 is 7.12 Å². The van der Waals surface area contributed by atoms with Crippen molar-refractivity contribution in [1.82, 2.24) is 4.90 Å². The molecular weight excluding hydrogens is 245 g/mol. The molecule has 0 bridgehead atoms. The Kier molecular flexibility index (Phi) is 4.82. The van der Waals surface area contributed by atoms with Crippen LogP contribution in [0.5, 0.6) is 5.75 Å². The van der Waals surface area contributed by atoms with Gasteiger partial charge in [0.15, 0.2) is 0 Å². The smallest absolute Gasteiger partial charge is 0.488 e. The molecule has 0 amide bonds. The first-order valence-electron chi connectivity index (χ1n) is 6.42. The molecule has 1 fully saturated rings. The highest BCUT2D eigenvalue weighted by Crippen LogP contribution is 2.17. The van der Waals surface area contributed by atoms with E-state index in [9.17, 15) is 10.0 Å². The molecule has 0 spiro atoms. The van der Waals surface area contributed by atoms with E-state index in [0.717, 1.165) is 30.9 Å². The molecule has 0 saturated carbocycles. The van der Waals surface area contributed by atoms with E-state index in [0.29, 0.717) is 18.0 Å². The summed E-state index contributed by atoms with van der Waals surface area (Å²) in [6.07, 6.45) is 1.01. The van der Waals surface area contributed by atoms with Gasteiger partial charge in [-0.15, -0.1) is 0 Å². The Morgan fingerprint density at radius 2 is 2.26 bits per heavy atom. The van der Waals surface area contributed by atoms with E-state index in [1.54, 1.807) is 19.2 Å². The van der Waals surface area contributed by atoms with Gasteiger partial charge in [0, 0.05) is 19.2 Å². The predicted octanol–water partition coefficient (Wildman–Crippen LogP) is -0.404. The minimum absolute atomic E-state index is 0.384. The standard InChI is InChI=1S/C13H20BNO4/c1-15(11-5-6-19-9-11)8-10-7-12(18-2)3-4-13(10)14(16)17/h3-4,7,11,16-17H,5-6,8-9H2,1-2H3. The second kappa shape index (κ2) is 6.39. The molecule has 0 aromatic heterocycles. The predicted molar refractivity (Wildman–Crippen MR) is 73.5 cm³/mol. The van der Waals surface area contributed by atoms with E-state index in [-0.39, 0.29) is 0 Å². The molecule has 0 aliphatic carbocycles. The van der Waals surface area contributed by atoms with Crippen molar-refractivity contribution in [2.45, 2.75) is 19.0 Å². The third-order valence-corrected chi connectivity index (χ3v) is 3.58. The van der Waals surface area contributed by atoms with E-state index in [1.807, 2.05) is 13.1 Å². The number of hydrogen-bond donors (Lipinski definition) is 2. The monoisotopic (exact) mass is 265 g/mol. The molecule has 1 atom stereocenters. The lowest BCUT2D eigenvalue weighted by Crippen LogP contribution is -2.38. The van der Waals surface area contributed by atoms with E-state index >= 15 is 0 Å². The van der Waals surface area contributed by atoms with Crippen molar-refractivity contribution in [3.8, 4) is 5.75 Å². The summed E-state index contributed by atoms with van der Waals surface area (Å²) < 4.78 is 10.6. The maximum absolute atomic E-state index is 9.42. The van der Waals surface area contributed by atoms with Crippen LogP contribution in [0.4, 0.5) is 0 Å². The summed E-state index contributed by atoms with van der Waals surface area (Å²) in [5.41, 5.74) is 1.38. The van der Waals surface area contributed by atoms with Crippen molar-refractivity contribution in [3.05, 3.63) is 23.8 Å². The van der Waals surface area contributed by atoms with E-state index in [4.69, 9.17) is 9.47 Å². The second-order valence-electron chi connectivity index (χ2n) is 4.87. The van der Waals surface area contributed by atoms with Gasteiger partial charge in [0.25, 0.3) is 0 Å². The average Bonchev–Trinajstić information content (AvgIpc) is 2.92. The molecule has 1 aromatic carbocycles. The van der Waals surface area contributed by atoms with Gasteiger partial charge in [-0.3, -0.25) is 4.90 Å². The number of methoxy groups -OCH3 is 1.